The van der Waals surface area contributed by atoms with Crippen molar-refractivity contribution in [1.29, 1.82) is 0 Å². The first-order chi connectivity index (χ1) is 9.29. The van der Waals surface area contributed by atoms with Crippen molar-refractivity contribution in [1.82, 2.24) is 10.2 Å². The first-order valence-corrected chi connectivity index (χ1v) is 7.89. The van der Waals surface area contributed by atoms with Gasteiger partial charge in [0.2, 0.25) is 5.91 Å². The Hall–Kier alpha value is -0.610. The molecule has 2 fully saturated rings. The molecule has 2 unspecified atom stereocenters. The quantitative estimate of drug-likeness (QED) is 0.845. The van der Waals surface area contributed by atoms with Gasteiger partial charge in [0, 0.05) is 19.6 Å². The number of ether oxygens (including phenoxy) is 1. The Morgan fingerprint density at radius 3 is 3.00 bits per heavy atom. The fraction of sp³-hybridized carbons (Fsp3) is 0.933. The van der Waals surface area contributed by atoms with E-state index < -0.39 is 0 Å². The van der Waals surface area contributed by atoms with Gasteiger partial charge in [0.15, 0.2) is 0 Å². The third-order valence-corrected chi connectivity index (χ3v) is 4.45. The molecule has 2 rings (SSSR count). The second kappa shape index (κ2) is 7.85. The van der Waals surface area contributed by atoms with Gasteiger partial charge < -0.3 is 15.0 Å². The summed E-state index contributed by atoms with van der Waals surface area (Å²) in [5, 5.41) is 3.32. The van der Waals surface area contributed by atoms with E-state index in [0.29, 0.717) is 6.10 Å². The van der Waals surface area contributed by atoms with E-state index in [9.17, 15) is 4.79 Å². The predicted molar refractivity (Wildman–Crippen MR) is 76.1 cm³/mol. The molecule has 0 radical (unpaired) electrons. The molecule has 1 aliphatic heterocycles. The normalized spacial score (nSPS) is 29.0. The fourth-order valence-corrected chi connectivity index (χ4v) is 3.14. The number of nitrogens with one attached hydrogen (secondary N) is 1. The minimum atomic E-state index is 0.169. The van der Waals surface area contributed by atoms with E-state index in [0.717, 1.165) is 51.4 Å². The number of carbonyl (C=O) groups excluding carboxylic acids is 1. The van der Waals surface area contributed by atoms with Crippen LogP contribution in [0.25, 0.3) is 0 Å². The maximum absolute atomic E-state index is 12.1. The average Bonchev–Trinajstić information content (AvgIpc) is 2.74. The number of carbonyl (C=O) groups is 1. The highest BCUT2D eigenvalue weighted by Crippen LogP contribution is 2.28. The van der Waals surface area contributed by atoms with E-state index in [4.69, 9.17) is 4.74 Å². The van der Waals surface area contributed by atoms with Crippen LogP contribution in [-0.4, -0.2) is 49.7 Å². The van der Waals surface area contributed by atoms with Gasteiger partial charge in [-0.2, -0.15) is 0 Å². The van der Waals surface area contributed by atoms with Gasteiger partial charge in [0.05, 0.1) is 6.10 Å². The standard InChI is InChI=1S/C15H28N2O2/c1-2-13-5-3-6-14(11-13)19-12-15(18)17-9-4-7-16-8-10-17/h13-14,16H,2-12H2,1H3. The molecule has 19 heavy (non-hydrogen) atoms. The molecule has 4 heteroatoms. The van der Waals surface area contributed by atoms with Crippen molar-refractivity contribution >= 4 is 5.91 Å². The summed E-state index contributed by atoms with van der Waals surface area (Å²) in [4.78, 5) is 14.1. The molecule has 2 aliphatic rings. The minimum Gasteiger partial charge on any atom is -0.368 e. The van der Waals surface area contributed by atoms with Crippen LogP contribution in [0, 0.1) is 5.92 Å². The minimum absolute atomic E-state index is 0.169. The molecule has 0 aromatic carbocycles. The molecular weight excluding hydrogens is 240 g/mol. The lowest BCUT2D eigenvalue weighted by Gasteiger charge is -2.29. The zero-order valence-corrected chi connectivity index (χ0v) is 12.2. The number of hydrogen-bond donors (Lipinski definition) is 1. The molecule has 1 heterocycles. The third-order valence-electron chi connectivity index (χ3n) is 4.45. The lowest BCUT2D eigenvalue weighted by molar-refractivity contribution is -0.139. The van der Waals surface area contributed by atoms with Crippen LogP contribution < -0.4 is 5.32 Å². The van der Waals surface area contributed by atoms with E-state index in [-0.39, 0.29) is 12.5 Å². The SMILES string of the molecule is CCC1CCCC(OCC(=O)N2CCCNCC2)C1. The molecule has 110 valence electrons. The Kier molecular flexibility index (Phi) is 6.11. The van der Waals surface area contributed by atoms with Crippen LogP contribution >= 0.6 is 0 Å². The smallest absolute Gasteiger partial charge is 0.248 e. The highest BCUT2D eigenvalue weighted by Gasteiger charge is 2.23. The summed E-state index contributed by atoms with van der Waals surface area (Å²) in [7, 11) is 0. The second-order valence-corrected chi connectivity index (χ2v) is 5.86. The van der Waals surface area contributed by atoms with E-state index in [2.05, 4.69) is 12.2 Å². The van der Waals surface area contributed by atoms with Crippen molar-refractivity contribution in [3.05, 3.63) is 0 Å². The van der Waals surface area contributed by atoms with Crippen molar-refractivity contribution in [2.45, 2.75) is 51.6 Å². The van der Waals surface area contributed by atoms with Gasteiger partial charge >= 0.3 is 0 Å². The summed E-state index contributed by atoms with van der Waals surface area (Å²) in [5.41, 5.74) is 0. The molecule has 1 N–H and O–H groups in total. The molecule has 4 nitrogen and oxygen atoms in total. The maximum Gasteiger partial charge on any atom is 0.248 e. The average molecular weight is 268 g/mol. The van der Waals surface area contributed by atoms with E-state index >= 15 is 0 Å². The number of hydrogen-bond acceptors (Lipinski definition) is 3. The highest BCUT2D eigenvalue weighted by atomic mass is 16.5. The molecule has 1 amide bonds. The van der Waals surface area contributed by atoms with Crippen LogP contribution in [0.4, 0.5) is 0 Å². The van der Waals surface area contributed by atoms with Gasteiger partial charge in [0.25, 0.3) is 0 Å². The Morgan fingerprint density at radius 2 is 2.16 bits per heavy atom. The molecule has 2 atom stereocenters. The monoisotopic (exact) mass is 268 g/mol. The molecule has 0 aromatic rings. The van der Waals surface area contributed by atoms with Crippen LogP contribution in [-0.2, 0) is 9.53 Å². The van der Waals surface area contributed by atoms with Crippen molar-refractivity contribution < 1.29 is 9.53 Å². The van der Waals surface area contributed by atoms with Gasteiger partial charge in [-0.3, -0.25) is 4.79 Å². The molecule has 0 spiro atoms. The van der Waals surface area contributed by atoms with Crippen LogP contribution in [0.2, 0.25) is 0 Å². The summed E-state index contributed by atoms with van der Waals surface area (Å²) >= 11 is 0. The van der Waals surface area contributed by atoms with Crippen LogP contribution in [0.1, 0.15) is 45.4 Å². The maximum atomic E-state index is 12.1. The largest absolute Gasteiger partial charge is 0.368 e. The Morgan fingerprint density at radius 1 is 1.26 bits per heavy atom. The van der Waals surface area contributed by atoms with Crippen molar-refractivity contribution in [2.24, 2.45) is 5.92 Å². The topological polar surface area (TPSA) is 41.6 Å². The van der Waals surface area contributed by atoms with Crippen LogP contribution in [0.3, 0.4) is 0 Å². The second-order valence-electron chi connectivity index (χ2n) is 5.86. The first-order valence-electron chi connectivity index (χ1n) is 7.89. The third kappa shape index (κ3) is 4.77. The summed E-state index contributed by atoms with van der Waals surface area (Å²) in [6, 6.07) is 0. The molecular formula is C15H28N2O2. The lowest BCUT2D eigenvalue weighted by Crippen LogP contribution is -2.38. The van der Waals surface area contributed by atoms with E-state index in [1.807, 2.05) is 4.90 Å². The molecule has 1 saturated heterocycles. The number of rotatable bonds is 4. The van der Waals surface area contributed by atoms with E-state index in [1.165, 1.54) is 19.3 Å². The van der Waals surface area contributed by atoms with Crippen molar-refractivity contribution in [3.8, 4) is 0 Å². The molecule has 0 bridgehead atoms. The summed E-state index contributed by atoms with van der Waals surface area (Å²) in [5.74, 6) is 0.971. The molecule has 1 aliphatic carbocycles. The van der Waals surface area contributed by atoms with Crippen LogP contribution in [0.15, 0.2) is 0 Å². The van der Waals surface area contributed by atoms with Gasteiger partial charge in [-0.15, -0.1) is 0 Å². The van der Waals surface area contributed by atoms with Gasteiger partial charge in [0.1, 0.15) is 6.61 Å². The number of amides is 1. The lowest BCUT2D eigenvalue weighted by atomic mass is 9.85. The first kappa shape index (κ1) is 14.8. The summed E-state index contributed by atoms with van der Waals surface area (Å²) in [6.45, 7) is 6.16. The van der Waals surface area contributed by atoms with Gasteiger partial charge in [-0.1, -0.05) is 26.2 Å². The fourth-order valence-electron chi connectivity index (χ4n) is 3.14. The highest BCUT2D eigenvalue weighted by molar-refractivity contribution is 5.77. The van der Waals surface area contributed by atoms with E-state index in [1.54, 1.807) is 0 Å². The van der Waals surface area contributed by atoms with Crippen molar-refractivity contribution in [3.63, 3.8) is 0 Å². The summed E-state index contributed by atoms with van der Waals surface area (Å²) in [6.07, 6.45) is 7.47. The summed E-state index contributed by atoms with van der Waals surface area (Å²) < 4.78 is 5.86. The number of nitrogens with zero attached hydrogens (tertiary/aromatic N) is 1. The Balaban J connectivity index is 1.70. The predicted octanol–water partition coefficient (Wildman–Crippen LogP) is 1.79. The Labute approximate surface area is 116 Å². The molecule has 0 aromatic heterocycles. The van der Waals surface area contributed by atoms with Gasteiger partial charge in [-0.05, 0) is 31.7 Å². The zero-order valence-electron chi connectivity index (χ0n) is 12.2. The molecule has 1 saturated carbocycles. The zero-order chi connectivity index (χ0) is 13.5. The van der Waals surface area contributed by atoms with Crippen LogP contribution in [0.5, 0.6) is 0 Å². The van der Waals surface area contributed by atoms with Gasteiger partial charge in [-0.25, -0.2) is 0 Å². The Bertz CT molecular complexity index is 275. The van der Waals surface area contributed by atoms with Crippen molar-refractivity contribution in [2.75, 3.05) is 32.8 Å².